The van der Waals surface area contributed by atoms with E-state index in [-0.39, 0.29) is 44.8 Å². The Labute approximate surface area is 360 Å². The molecule has 2 heterocycles. The molecule has 3 amide bonds. The number of unbranched alkanes of at least 4 members (excludes halogenated alkanes) is 1. The van der Waals surface area contributed by atoms with Crippen LogP contribution in [0.3, 0.4) is 0 Å². The van der Waals surface area contributed by atoms with Crippen molar-refractivity contribution in [3.63, 3.8) is 0 Å². The molecular formula is C47H46ClN5O7S. The molecule has 7 rings (SSSR count). The van der Waals surface area contributed by atoms with Gasteiger partial charge in [-0.3, -0.25) is 19.2 Å². The van der Waals surface area contributed by atoms with Gasteiger partial charge in [-0.15, -0.1) is 0 Å². The molecule has 1 N–H and O–H groups in total. The highest BCUT2D eigenvalue weighted by atomic mass is 35.5. The maximum Gasteiger partial charge on any atom is 0.306 e. The topological polar surface area (TPSA) is 148 Å². The van der Waals surface area contributed by atoms with Crippen LogP contribution in [0.2, 0.25) is 5.02 Å². The summed E-state index contributed by atoms with van der Waals surface area (Å²) in [5, 5.41) is 6.34. The van der Waals surface area contributed by atoms with Gasteiger partial charge in [0.1, 0.15) is 0 Å². The Kier molecular flexibility index (Phi) is 13.0. The SMILES string of the molecule is CCCCN(C(=O)c1nn(-c2ccc(C(=O)NS(=O)(=O)c3ccc4ccccc4c3)cc2C(=O)N2CCc3ccccc3C2)c(C)c1Cl)c1ccc(CCC(=O)OCC)cc1. The number of esters is 1. The summed E-state index contributed by atoms with van der Waals surface area (Å²) in [6, 6.07) is 31.4. The van der Waals surface area contributed by atoms with Crippen LogP contribution in [0.1, 0.15) is 86.7 Å². The second-order valence-corrected chi connectivity index (χ2v) is 16.9. The summed E-state index contributed by atoms with van der Waals surface area (Å²) in [6.07, 6.45) is 2.86. The molecule has 61 heavy (non-hydrogen) atoms. The Balaban J connectivity index is 1.23. The molecule has 1 aliphatic rings. The van der Waals surface area contributed by atoms with Crippen LogP contribution in [0.25, 0.3) is 16.5 Å². The van der Waals surface area contributed by atoms with Gasteiger partial charge >= 0.3 is 5.97 Å². The molecule has 0 unspecified atom stereocenters. The number of hydrogen-bond acceptors (Lipinski definition) is 8. The number of hydrogen-bond donors (Lipinski definition) is 1. The van der Waals surface area contributed by atoms with Crippen LogP contribution in [0.4, 0.5) is 5.69 Å². The minimum absolute atomic E-state index is 0.0322. The number of halogens is 1. The summed E-state index contributed by atoms with van der Waals surface area (Å²) in [5.74, 6) is -2.07. The molecule has 12 nitrogen and oxygen atoms in total. The van der Waals surface area contributed by atoms with Crippen molar-refractivity contribution in [2.75, 3.05) is 24.6 Å². The normalized spacial score (nSPS) is 12.5. The summed E-state index contributed by atoms with van der Waals surface area (Å²) in [4.78, 5) is 57.9. The molecule has 6 aromatic rings. The second-order valence-electron chi connectivity index (χ2n) is 14.9. The van der Waals surface area contributed by atoms with Crippen molar-refractivity contribution in [2.45, 2.75) is 64.3 Å². The van der Waals surface area contributed by atoms with Gasteiger partial charge in [-0.05, 0) is 103 Å². The van der Waals surface area contributed by atoms with Gasteiger partial charge in [0.05, 0.1) is 33.5 Å². The van der Waals surface area contributed by atoms with Crippen molar-refractivity contribution in [1.29, 1.82) is 0 Å². The number of carbonyl (C=O) groups excluding carboxylic acids is 4. The Morgan fingerprint density at radius 1 is 0.869 bits per heavy atom. The number of sulfonamides is 1. The van der Waals surface area contributed by atoms with Crippen LogP contribution in [0.15, 0.2) is 114 Å². The van der Waals surface area contributed by atoms with Gasteiger partial charge in [0.15, 0.2) is 5.69 Å². The molecule has 14 heteroatoms. The number of aromatic nitrogens is 2. The van der Waals surface area contributed by atoms with Crippen LogP contribution in [-0.4, -0.2) is 66.5 Å². The van der Waals surface area contributed by atoms with Crippen molar-refractivity contribution in [3.05, 3.63) is 153 Å². The third kappa shape index (κ3) is 9.38. The van der Waals surface area contributed by atoms with Gasteiger partial charge in [0, 0.05) is 37.3 Å². The smallest absolute Gasteiger partial charge is 0.306 e. The number of carbonyl (C=O) groups is 4. The predicted octanol–water partition coefficient (Wildman–Crippen LogP) is 8.25. The first-order valence-electron chi connectivity index (χ1n) is 20.3. The fourth-order valence-corrected chi connectivity index (χ4v) is 8.62. The number of anilines is 1. The van der Waals surface area contributed by atoms with Gasteiger partial charge in [-0.25, -0.2) is 17.8 Å². The molecular weight excluding hydrogens is 814 g/mol. The van der Waals surface area contributed by atoms with Crippen LogP contribution in [-0.2, 0) is 38.9 Å². The van der Waals surface area contributed by atoms with Gasteiger partial charge < -0.3 is 14.5 Å². The van der Waals surface area contributed by atoms with Gasteiger partial charge in [-0.2, -0.15) is 5.10 Å². The van der Waals surface area contributed by atoms with E-state index in [0.29, 0.717) is 62.3 Å². The molecule has 5 aromatic carbocycles. The lowest BCUT2D eigenvalue weighted by molar-refractivity contribution is -0.143. The Hall–Kier alpha value is -6.31. The summed E-state index contributed by atoms with van der Waals surface area (Å²) in [6.45, 7) is 6.89. The van der Waals surface area contributed by atoms with Gasteiger partial charge in [-0.1, -0.05) is 91.7 Å². The van der Waals surface area contributed by atoms with E-state index in [1.165, 1.54) is 35.0 Å². The summed E-state index contributed by atoms with van der Waals surface area (Å²) >= 11 is 6.93. The standard InChI is InChI=1S/C47H46ClN5O7S/c1-4-6-26-52(38-20-15-32(16-21-38)17-24-42(54)60-5-2)47(57)44-43(48)31(3)53(49-44)41-23-19-36(29-40(41)46(56)51-27-25-34-12-8-10-14-37(34)30-51)45(55)50-61(58,59)39-22-18-33-11-7-9-13-35(33)28-39/h7-16,18-23,28-29H,4-6,17,24-27,30H2,1-3H3,(H,50,55). The maximum absolute atomic E-state index is 14.6. The average Bonchev–Trinajstić information content (AvgIpc) is 3.57. The molecule has 0 spiro atoms. The Morgan fingerprint density at radius 3 is 2.33 bits per heavy atom. The predicted molar refractivity (Wildman–Crippen MR) is 235 cm³/mol. The minimum atomic E-state index is -4.31. The molecule has 0 radical (unpaired) electrons. The van der Waals surface area contributed by atoms with Crippen molar-refractivity contribution >= 4 is 61.8 Å². The monoisotopic (exact) mass is 859 g/mol. The zero-order chi connectivity index (χ0) is 43.3. The van der Waals surface area contributed by atoms with E-state index in [2.05, 4.69) is 4.72 Å². The molecule has 0 aliphatic carbocycles. The van der Waals surface area contributed by atoms with Crippen LogP contribution in [0, 0.1) is 6.92 Å². The number of fused-ring (bicyclic) bond motifs is 2. The number of benzene rings is 5. The summed E-state index contributed by atoms with van der Waals surface area (Å²) in [7, 11) is -4.31. The highest BCUT2D eigenvalue weighted by Crippen LogP contribution is 2.31. The zero-order valence-corrected chi connectivity index (χ0v) is 35.8. The van der Waals surface area contributed by atoms with E-state index in [1.807, 2.05) is 67.6 Å². The summed E-state index contributed by atoms with van der Waals surface area (Å²) < 4.78 is 35.7. The lowest BCUT2D eigenvalue weighted by atomic mass is 9.98. The number of ether oxygens (including phenoxy) is 1. The van der Waals surface area contributed by atoms with Crippen LogP contribution in [0.5, 0.6) is 0 Å². The van der Waals surface area contributed by atoms with Crippen molar-refractivity contribution in [2.24, 2.45) is 0 Å². The highest BCUT2D eigenvalue weighted by molar-refractivity contribution is 7.90. The number of nitrogens with one attached hydrogen (secondary N) is 1. The van der Waals surface area contributed by atoms with Crippen LogP contribution < -0.4 is 9.62 Å². The van der Waals surface area contributed by atoms with E-state index in [0.717, 1.165) is 28.5 Å². The number of rotatable bonds is 14. The largest absolute Gasteiger partial charge is 0.466 e. The fraction of sp³-hybridized carbons (Fsp3) is 0.255. The molecule has 0 bridgehead atoms. The number of aryl methyl sites for hydroxylation is 1. The van der Waals surface area contributed by atoms with Gasteiger partial charge in [0.25, 0.3) is 27.7 Å². The third-order valence-corrected chi connectivity index (χ3v) is 12.6. The molecule has 0 saturated heterocycles. The number of amides is 3. The first kappa shape index (κ1) is 42.8. The number of nitrogens with zero attached hydrogens (tertiary/aromatic N) is 4. The second kappa shape index (κ2) is 18.5. The molecule has 1 aliphatic heterocycles. The molecule has 0 fully saturated rings. The van der Waals surface area contributed by atoms with Crippen LogP contribution >= 0.6 is 11.6 Å². The van der Waals surface area contributed by atoms with E-state index in [1.54, 1.807) is 41.8 Å². The van der Waals surface area contributed by atoms with Gasteiger partial charge in [0.2, 0.25) is 0 Å². The molecule has 0 saturated carbocycles. The van der Waals surface area contributed by atoms with Crippen molar-refractivity contribution in [1.82, 2.24) is 19.4 Å². The Morgan fingerprint density at radius 2 is 1.59 bits per heavy atom. The molecule has 0 atom stereocenters. The first-order valence-corrected chi connectivity index (χ1v) is 22.1. The molecule has 1 aromatic heterocycles. The lowest BCUT2D eigenvalue weighted by Crippen LogP contribution is -2.37. The van der Waals surface area contributed by atoms with E-state index >= 15 is 0 Å². The zero-order valence-electron chi connectivity index (χ0n) is 34.2. The average molecular weight is 860 g/mol. The lowest BCUT2D eigenvalue weighted by Gasteiger charge is -2.29. The van der Waals surface area contributed by atoms with E-state index in [9.17, 15) is 27.6 Å². The first-order chi connectivity index (χ1) is 29.4. The van der Waals surface area contributed by atoms with E-state index < -0.39 is 27.7 Å². The van der Waals surface area contributed by atoms with E-state index in [4.69, 9.17) is 21.4 Å². The minimum Gasteiger partial charge on any atom is -0.466 e. The summed E-state index contributed by atoms with van der Waals surface area (Å²) in [5.41, 5.74) is 4.25. The molecule has 314 valence electrons. The highest BCUT2D eigenvalue weighted by Gasteiger charge is 2.30. The van der Waals surface area contributed by atoms with Crippen molar-refractivity contribution in [3.8, 4) is 5.69 Å². The Bertz CT molecular complexity index is 2750. The van der Waals surface area contributed by atoms with Crippen molar-refractivity contribution < 1.29 is 32.3 Å². The maximum atomic E-state index is 14.6. The fourth-order valence-electron chi connectivity index (χ4n) is 7.42. The quantitative estimate of drug-likeness (QED) is 0.108. The third-order valence-electron chi connectivity index (χ3n) is 10.8.